The van der Waals surface area contributed by atoms with Gasteiger partial charge in [-0.25, -0.2) is 4.98 Å². The Balaban J connectivity index is 2.53. The number of carbonyl (C=O) groups is 1. The van der Waals surface area contributed by atoms with E-state index in [0.717, 1.165) is 5.69 Å². The number of phenols is 1. The summed E-state index contributed by atoms with van der Waals surface area (Å²) in [6.07, 6.45) is 0. The lowest BCUT2D eigenvalue weighted by molar-refractivity contribution is 0.0997. The molecule has 0 aliphatic heterocycles. The van der Waals surface area contributed by atoms with E-state index in [0.29, 0.717) is 16.9 Å². The van der Waals surface area contributed by atoms with Crippen LogP contribution in [0.15, 0.2) is 24.3 Å². The summed E-state index contributed by atoms with van der Waals surface area (Å²) in [5.41, 5.74) is 7.63. The molecule has 1 aromatic heterocycles. The molecule has 0 aliphatic rings. The first-order valence-corrected chi connectivity index (χ1v) is 6.14. The molecule has 104 valence electrons. The number of aryl methyl sites for hydroxylation is 2. The topological polar surface area (TPSA) is 85.4 Å². The number of hydrogen-bond acceptors (Lipinski definition) is 4. The van der Waals surface area contributed by atoms with Gasteiger partial charge in [-0.3, -0.25) is 4.79 Å². The van der Waals surface area contributed by atoms with Crippen LogP contribution in [0.1, 0.15) is 27.2 Å². The Bertz CT molecular complexity index is 681. The molecule has 2 aromatic rings. The summed E-state index contributed by atoms with van der Waals surface area (Å²) in [5, 5.41) is 9.67. The third-order valence-electron chi connectivity index (χ3n) is 3.02. The molecule has 0 spiro atoms. The van der Waals surface area contributed by atoms with Crippen molar-refractivity contribution >= 4 is 5.91 Å². The summed E-state index contributed by atoms with van der Waals surface area (Å²) < 4.78 is 5.67. The fourth-order valence-corrected chi connectivity index (χ4v) is 1.99. The third-order valence-corrected chi connectivity index (χ3v) is 3.02. The Morgan fingerprint density at radius 1 is 1.30 bits per heavy atom. The van der Waals surface area contributed by atoms with Gasteiger partial charge >= 0.3 is 0 Å². The number of hydrogen-bond donors (Lipinski definition) is 2. The summed E-state index contributed by atoms with van der Waals surface area (Å²) in [7, 11) is 0. The predicted molar refractivity (Wildman–Crippen MR) is 75.1 cm³/mol. The molecule has 0 radical (unpaired) electrons. The monoisotopic (exact) mass is 272 g/mol. The van der Waals surface area contributed by atoms with E-state index in [2.05, 4.69) is 4.98 Å². The van der Waals surface area contributed by atoms with Gasteiger partial charge in [-0.05, 0) is 44.5 Å². The molecule has 1 amide bonds. The lowest BCUT2D eigenvalue weighted by atomic mass is 10.1. The highest BCUT2D eigenvalue weighted by atomic mass is 16.5. The molecule has 0 bridgehead atoms. The molecule has 1 heterocycles. The first kappa shape index (κ1) is 13.9. The van der Waals surface area contributed by atoms with Gasteiger partial charge in [0.15, 0.2) is 0 Å². The van der Waals surface area contributed by atoms with E-state index >= 15 is 0 Å². The predicted octanol–water partition coefficient (Wildman–Crippen LogP) is 2.60. The van der Waals surface area contributed by atoms with Crippen LogP contribution in [0.3, 0.4) is 0 Å². The number of pyridine rings is 1. The fraction of sp³-hybridized carbons (Fsp3) is 0.200. The Hall–Kier alpha value is -2.56. The van der Waals surface area contributed by atoms with Crippen LogP contribution in [0.4, 0.5) is 0 Å². The van der Waals surface area contributed by atoms with E-state index in [4.69, 9.17) is 10.5 Å². The van der Waals surface area contributed by atoms with Crippen LogP contribution in [0.2, 0.25) is 0 Å². The number of ether oxygens (including phenoxy) is 1. The van der Waals surface area contributed by atoms with Crippen LogP contribution in [0.25, 0.3) is 0 Å². The standard InChI is InChI=1S/C15H16N2O3/c1-8-7-9(2)17-15(13(8)14(16)19)20-12-6-4-5-11(18)10(12)3/h4-7,18H,1-3H3,(H2,16,19). The molecule has 0 saturated heterocycles. The van der Waals surface area contributed by atoms with Crippen molar-refractivity contribution in [3.63, 3.8) is 0 Å². The number of carbonyl (C=O) groups excluding carboxylic acids is 1. The van der Waals surface area contributed by atoms with Gasteiger partial charge in [0.1, 0.15) is 17.1 Å². The van der Waals surface area contributed by atoms with Crippen LogP contribution in [-0.2, 0) is 0 Å². The van der Waals surface area contributed by atoms with E-state index in [1.807, 2.05) is 0 Å². The second-order valence-electron chi connectivity index (χ2n) is 4.63. The third kappa shape index (κ3) is 2.56. The minimum absolute atomic E-state index is 0.118. The highest BCUT2D eigenvalue weighted by molar-refractivity contribution is 5.96. The van der Waals surface area contributed by atoms with E-state index in [1.54, 1.807) is 45.0 Å². The number of aromatic hydroxyl groups is 1. The SMILES string of the molecule is Cc1cc(C)c(C(N)=O)c(Oc2cccc(O)c2C)n1. The molecular weight excluding hydrogens is 256 g/mol. The lowest BCUT2D eigenvalue weighted by Crippen LogP contribution is -2.15. The van der Waals surface area contributed by atoms with Crippen molar-refractivity contribution in [2.24, 2.45) is 5.73 Å². The number of nitrogens with two attached hydrogens (primary N) is 1. The number of amides is 1. The average molecular weight is 272 g/mol. The van der Waals surface area contributed by atoms with Crippen molar-refractivity contribution in [3.8, 4) is 17.4 Å². The zero-order chi connectivity index (χ0) is 14.9. The maximum absolute atomic E-state index is 11.5. The molecule has 5 nitrogen and oxygen atoms in total. The quantitative estimate of drug-likeness (QED) is 0.899. The zero-order valence-corrected chi connectivity index (χ0v) is 11.6. The first-order chi connectivity index (χ1) is 9.40. The average Bonchev–Trinajstić information content (AvgIpc) is 2.33. The van der Waals surface area contributed by atoms with E-state index in [9.17, 15) is 9.90 Å². The number of phenolic OH excluding ortho intramolecular Hbond substituents is 1. The Labute approximate surface area is 117 Å². The summed E-state index contributed by atoms with van der Waals surface area (Å²) in [5.74, 6) is 0.115. The second-order valence-corrected chi connectivity index (χ2v) is 4.63. The molecule has 3 N–H and O–H groups in total. The molecule has 5 heteroatoms. The molecule has 2 rings (SSSR count). The fourth-order valence-electron chi connectivity index (χ4n) is 1.99. The van der Waals surface area contributed by atoms with Crippen LogP contribution in [-0.4, -0.2) is 16.0 Å². The van der Waals surface area contributed by atoms with Crippen LogP contribution < -0.4 is 10.5 Å². The Kier molecular flexibility index (Phi) is 3.61. The Morgan fingerprint density at radius 2 is 2.00 bits per heavy atom. The van der Waals surface area contributed by atoms with Gasteiger partial charge in [0.25, 0.3) is 5.91 Å². The summed E-state index contributed by atoms with van der Waals surface area (Å²) in [6, 6.07) is 6.68. The van der Waals surface area contributed by atoms with Gasteiger partial charge in [-0.1, -0.05) is 6.07 Å². The molecule has 0 aliphatic carbocycles. The van der Waals surface area contributed by atoms with Crippen LogP contribution in [0, 0.1) is 20.8 Å². The lowest BCUT2D eigenvalue weighted by Gasteiger charge is -2.13. The smallest absolute Gasteiger partial charge is 0.254 e. The van der Waals surface area contributed by atoms with Gasteiger partial charge in [0.2, 0.25) is 5.88 Å². The zero-order valence-electron chi connectivity index (χ0n) is 11.6. The van der Waals surface area contributed by atoms with Crippen molar-refractivity contribution in [1.29, 1.82) is 0 Å². The first-order valence-electron chi connectivity index (χ1n) is 6.14. The molecule has 0 fully saturated rings. The molecule has 1 aromatic carbocycles. The van der Waals surface area contributed by atoms with Crippen molar-refractivity contribution < 1.29 is 14.6 Å². The molecule has 0 atom stereocenters. The number of rotatable bonds is 3. The molecule has 0 unspecified atom stereocenters. The number of primary amides is 1. The van der Waals surface area contributed by atoms with Crippen molar-refractivity contribution in [2.45, 2.75) is 20.8 Å². The van der Waals surface area contributed by atoms with E-state index < -0.39 is 5.91 Å². The normalized spacial score (nSPS) is 10.3. The number of benzene rings is 1. The van der Waals surface area contributed by atoms with Crippen LogP contribution in [0.5, 0.6) is 17.4 Å². The largest absolute Gasteiger partial charge is 0.508 e. The second kappa shape index (κ2) is 5.21. The van der Waals surface area contributed by atoms with Gasteiger partial charge < -0.3 is 15.6 Å². The minimum Gasteiger partial charge on any atom is -0.508 e. The van der Waals surface area contributed by atoms with Gasteiger partial charge in [-0.15, -0.1) is 0 Å². The molecular formula is C15H16N2O3. The maximum atomic E-state index is 11.5. The van der Waals surface area contributed by atoms with Crippen LogP contribution >= 0.6 is 0 Å². The van der Waals surface area contributed by atoms with Gasteiger partial charge in [-0.2, -0.15) is 0 Å². The Morgan fingerprint density at radius 3 is 2.65 bits per heavy atom. The van der Waals surface area contributed by atoms with Crippen molar-refractivity contribution in [3.05, 3.63) is 46.6 Å². The number of aromatic nitrogens is 1. The van der Waals surface area contributed by atoms with Crippen molar-refractivity contribution in [1.82, 2.24) is 4.98 Å². The number of nitrogens with zero attached hydrogens (tertiary/aromatic N) is 1. The summed E-state index contributed by atoms with van der Waals surface area (Å²) in [4.78, 5) is 15.8. The highest BCUT2D eigenvalue weighted by Crippen LogP contribution is 2.32. The molecule has 0 saturated carbocycles. The summed E-state index contributed by atoms with van der Waals surface area (Å²) in [6.45, 7) is 5.30. The summed E-state index contributed by atoms with van der Waals surface area (Å²) >= 11 is 0. The minimum atomic E-state index is -0.595. The van der Waals surface area contributed by atoms with Gasteiger partial charge in [0.05, 0.1) is 0 Å². The van der Waals surface area contributed by atoms with E-state index in [-0.39, 0.29) is 17.2 Å². The molecule has 20 heavy (non-hydrogen) atoms. The van der Waals surface area contributed by atoms with Gasteiger partial charge in [0, 0.05) is 11.3 Å². The van der Waals surface area contributed by atoms with Crippen molar-refractivity contribution in [2.75, 3.05) is 0 Å². The maximum Gasteiger partial charge on any atom is 0.254 e. The highest BCUT2D eigenvalue weighted by Gasteiger charge is 2.17. The van der Waals surface area contributed by atoms with E-state index in [1.165, 1.54) is 0 Å².